The number of benzene rings is 2. The molecule has 4 nitrogen and oxygen atoms in total. The highest BCUT2D eigenvalue weighted by atomic mass is 32.2. The van der Waals surface area contributed by atoms with Gasteiger partial charge in [-0.2, -0.15) is 0 Å². The van der Waals surface area contributed by atoms with Crippen molar-refractivity contribution in [1.82, 2.24) is 9.59 Å². The molecule has 0 unspecified atom stereocenters. The molecule has 1 fully saturated rings. The van der Waals surface area contributed by atoms with Gasteiger partial charge in [0.1, 0.15) is 17.0 Å². The summed E-state index contributed by atoms with van der Waals surface area (Å²) < 4.78 is 37.2. The molecular formula is C25H36F2N4S2. The lowest BCUT2D eigenvalue weighted by molar-refractivity contribution is 0.628. The number of hydrogen-bond acceptors (Lipinski definition) is 6. The molecule has 182 valence electrons. The summed E-state index contributed by atoms with van der Waals surface area (Å²) in [6, 6.07) is 6.59. The van der Waals surface area contributed by atoms with Crippen molar-refractivity contribution in [3.8, 4) is 0 Å². The maximum atomic E-state index is 15.1. The van der Waals surface area contributed by atoms with Crippen LogP contribution in [0.25, 0.3) is 10.2 Å². The first-order chi connectivity index (χ1) is 16.0. The molecule has 0 aliphatic heterocycles. The Bertz CT molecular complexity index is 1020. The number of halogens is 2. The predicted molar refractivity (Wildman–Crippen MR) is 144 cm³/mol. The van der Waals surface area contributed by atoms with Crippen molar-refractivity contribution in [3.63, 3.8) is 0 Å². The van der Waals surface area contributed by atoms with Crippen LogP contribution in [0.15, 0.2) is 36.9 Å². The van der Waals surface area contributed by atoms with E-state index in [1.54, 1.807) is 37.1 Å². The van der Waals surface area contributed by atoms with Gasteiger partial charge >= 0.3 is 0 Å². The van der Waals surface area contributed by atoms with Gasteiger partial charge < -0.3 is 10.0 Å². The monoisotopic (exact) mass is 494 g/mol. The van der Waals surface area contributed by atoms with Crippen molar-refractivity contribution in [2.45, 2.75) is 72.5 Å². The van der Waals surface area contributed by atoms with Crippen LogP contribution in [0.3, 0.4) is 0 Å². The Balaban J connectivity index is 0.000000841. The molecule has 1 saturated carbocycles. The number of nitrogens with one attached hydrogen (secondary N) is 2. The average Bonchev–Trinajstić information content (AvgIpc) is 3.44. The molecule has 4 rings (SSSR count). The molecule has 1 heterocycles. The zero-order valence-corrected chi connectivity index (χ0v) is 22.3. The van der Waals surface area contributed by atoms with E-state index < -0.39 is 11.6 Å². The second-order valence-electron chi connectivity index (χ2n) is 6.72. The number of fused-ring (bicyclic) bond motifs is 1. The molecular weight excluding hydrogens is 458 g/mol. The molecule has 0 bridgehead atoms. The van der Waals surface area contributed by atoms with Crippen LogP contribution >= 0.6 is 23.5 Å². The lowest BCUT2D eigenvalue weighted by atomic mass is 10.2. The van der Waals surface area contributed by atoms with E-state index >= 15 is 4.39 Å². The molecule has 1 aliphatic rings. The molecule has 1 aliphatic carbocycles. The first kappa shape index (κ1) is 28.8. The van der Waals surface area contributed by atoms with Gasteiger partial charge in [-0.15, -0.1) is 11.7 Å². The van der Waals surface area contributed by atoms with E-state index in [-0.39, 0.29) is 21.6 Å². The van der Waals surface area contributed by atoms with Crippen LogP contribution < -0.4 is 10.0 Å². The number of rotatable bonds is 7. The quantitative estimate of drug-likeness (QED) is 0.253. The van der Waals surface area contributed by atoms with Gasteiger partial charge in [-0.05, 0) is 73.4 Å². The molecule has 3 aromatic rings. The lowest BCUT2D eigenvalue weighted by Gasteiger charge is -2.18. The van der Waals surface area contributed by atoms with Crippen LogP contribution in [-0.2, 0) is 0 Å². The van der Waals surface area contributed by atoms with E-state index in [0.29, 0.717) is 10.4 Å². The number of hydrogen-bond donors (Lipinski definition) is 2. The lowest BCUT2D eigenvalue weighted by Crippen LogP contribution is -2.07. The van der Waals surface area contributed by atoms with Crippen molar-refractivity contribution in [1.29, 1.82) is 0 Å². The standard InChI is InChI=1S/C19H18F2N4S2.3C2H6/c1-3-6-19(7-8-19)27-24-14-10-15-18(23-25-26-15)16(21)17(14)22-13-5-4-11(2)9-12(13)20;3*1-2/h3-5,9-10,22,24H,1,6-8H2,2H3;3*1-2H3. The van der Waals surface area contributed by atoms with Gasteiger partial charge in [0.2, 0.25) is 0 Å². The van der Waals surface area contributed by atoms with E-state index in [1.165, 1.54) is 6.07 Å². The first-order valence-electron chi connectivity index (χ1n) is 11.5. The maximum absolute atomic E-state index is 15.1. The van der Waals surface area contributed by atoms with Crippen LogP contribution in [0, 0.1) is 18.6 Å². The minimum Gasteiger partial charge on any atom is -0.349 e. The normalized spacial score (nSPS) is 12.8. The third-order valence-electron chi connectivity index (χ3n) is 4.57. The van der Waals surface area contributed by atoms with Gasteiger partial charge in [0, 0.05) is 4.75 Å². The molecule has 2 aromatic carbocycles. The molecule has 0 atom stereocenters. The second-order valence-corrected chi connectivity index (χ2v) is 8.78. The van der Waals surface area contributed by atoms with E-state index in [2.05, 4.69) is 26.2 Å². The van der Waals surface area contributed by atoms with Gasteiger partial charge in [-0.1, -0.05) is 58.2 Å². The van der Waals surface area contributed by atoms with E-state index in [4.69, 9.17) is 0 Å². The van der Waals surface area contributed by atoms with E-state index in [1.807, 2.05) is 47.6 Å². The summed E-state index contributed by atoms with van der Waals surface area (Å²) in [5, 5.41) is 6.76. The zero-order valence-electron chi connectivity index (χ0n) is 20.7. The van der Waals surface area contributed by atoms with Gasteiger partial charge in [0.15, 0.2) is 5.82 Å². The van der Waals surface area contributed by atoms with Crippen molar-refractivity contribution >= 4 is 50.8 Å². The zero-order chi connectivity index (χ0) is 25.0. The smallest absolute Gasteiger partial charge is 0.177 e. The number of nitrogens with zero attached hydrogens (tertiary/aromatic N) is 2. The highest BCUT2D eigenvalue weighted by Crippen LogP contribution is 2.52. The summed E-state index contributed by atoms with van der Waals surface area (Å²) >= 11 is 2.69. The Morgan fingerprint density at radius 2 is 1.76 bits per heavy atom. The molecule has 0 amide bonds. The van der Waals surface area contributed by atoms with Crippen molar-refractivity contribution in [2.75, 3.05) is 10.0 Å². The fraction of sp³-hybridized carbons (Fsp3) is 0.440. The third kappa shape index (κ3) is 7.40. The highest BCUT2D eigenvalue weighted by Gasteiger charge is 2.42. The Hall–Kier alpha value is -2.19. The Labute approximate surface area is 205 Å². The Morgan fingerprint density at radius 3 is 2.33 bits per heavy atom. The highest BCUT2D eigenvalue weighted by molar-refractivity contribution is 8.02. The summed E-state index contributed by atoms with van der Waals surface area (Å²) in [6.45, 7) is 17.6. The van der Waals surface area contributed by atoms with Crippen LogP contribution in [0.4, 0.5) is 25.8 Å². The summed E-state index contributed by atoms with van der Waals surface area (Å²) in [5.74, 6) is -0.979. The summed E-state index contributed by atoms with van der Waals surface area (Å²) in [6.07, 6.45) is 4.95. The number of anilines is 3. The number of allylic oxidation sites excluding steroid dienone is 1. The summed E-state index contributed by atoms with van der Waals surface area (Å²) in [4.78, 5) is 0. The minimum atomic E-state index is -0.544. The van der Waals surface area contributed by atoms with Crippen LogP contribution in [0.2, 0.25) is 0 Å². The van der Waals surface area contributed by atoms with Crippen LogP contribution in [-0.4, -0.2) is 14.3 Å². The molecule has 1 aromatic heterocycles. The average molecular weight is 495 g/mol. The van der Waals surface area contributed by atoms with Crippen LogP contribution in [0.5, 0.6) is 0 Å². The van der Waals surface area contributed by atoms with Crippen molar-refractivity contribution in [2.24, 2.45) is 0 Å². The van der Waals surface area contributed by atoms with Crippen LogP contribution in [0.1, 0.15) is 66.4 Å². The Morgan fingerprint density at radius 1 is 1.09 bits per heavy atom. The Kier molecular flexibility index (Phi) is 12.4. The van der Waals surface area contributed by atoms with Gasteiger partial charge in [-0.25, -0.2) is 8.78 Å². The molecule has 2 N–H and O–H groups in total. The fourth-order valence-corrected chi connectivity index (χ4v) is 4.45. The molecule has 8 heteroatoms. The largest absolute Gasteiger partial charge is 0.349 e. The summed E-state index contributed by atoms with van der Waals surface area (Å²) in [5.41, 5.74) is 1.90. The fourth-order valence-electron chi connectivity index (χ4n) is 2.86. The number of aryl methyl sites for hydroxylation is 1. The molecule has 33 heavy (non-hydrogen) atoms. The minimum absolute atomic E-state index is 0.103. The third-order valence-corrected chi connectivity index (χ3v) is 6.57. The predicted octanol–water partition coefficient (Wildman–Crippen LogP) is 9.27. The van der Waals surface area contributed by atoms with E-state index in [9.17, 15) is 4.39 Å². The maximum Gasteiger partial charge on any atom is 0.177 e. The molecule has 0 spiro atoms. The van der Waals surface area contributed by atoms with Gasteiger partial charge in [0.05, 0.1) is 16.1 Å². The van der Waals surface area contributed by atoms with Gasteiger partial charge in [0.25, 0.3) is 0 Å². The molecule has 0 saturated heterocycles. The second kappa shape index (κ2) is 14.2. The van der Waals surface area contributed by atoms with Crippen molar-refractivity contribution in [3.05, 3.63) is 54.1 Å². The van der Waals surface area contributed by atoms with E-state index in [0.717, 1.165) is 36.4 Å². The molecule has 0 radical (unpaired) electrons. The van der Waals surface area contributed by atoms with Crippen molar-refractivity contribution < 1.29 is 8.78 Å². The first-order valence-corrected chi connectivity index (χ1v) is 13.1. The number of aromatic nitrogens is 2. The SMILES string of the molecule is C=CCC1(SNc2cc3snnc3c(F)c2Nc2ccc(C)cc2F)CC1.CC.CC.CC. The topological polar surface area (TPSA) is 49.8 Å². The van der Waals surface area contributed by atoms with Gasteiger partial charge in [-0.3, -0.25) is 0 Å². The summed E-state index contributed by atoms with van der Waals surface area (Å²) in [7, 11) is 0.